The van der Waals surface area contributed by atoms with Gasteiger partial charge in [-0.2, -0.15) is 0 Å². The van der Waals surface area contributed by atoms with Gasteiger partial charge in [0.1, 0.15) is 0 Å². The van der Waals surface area contributed by atoms with Gasteiger partial charge in [0.15, 0.2) is 0 Å². The van der Waals surface area contributed by atoms with Crippen LogP contribution in [0.1, 0.15) is 33.1 Å². The van der Waals surface area contributed by atoms with Gasteiger partial charge < -0.3 is 10.4 Å². The van der Waals surface area contributed by atoms with E-state index in [0.29, 0.717) is 11.6 Å². The molecular formula is C16H14ClNO3S. The number of anilines is 1. The summed E-state index contributed by atoms with van der Waals surface area (Å²) in [5.74, 6) is -0.848. The number of hydrogen-bond donors (Lipinski definition) is 2. The molecule has 0 aliphatic heterocycles. The summed E-state index contributed by atoms with van der Waals surface area (Å²) in [7, 11) is 0. The molecule has 4 nitrogen and oxygen atoms in total. The monoisotopic (exact) mass is 335 g/mol. The predicted molar refractivity (Wildman–Crippen MR) is 86.9 cm³/mol. The first-order valence-electron chi connectivity index (χ1n) is 6.85. The number of benzene rings is 1. The van der Waals surface area contributed by atoms with E-state index < -0.39 is 5.97 Å². The van der Waals surface area contributed by atoms with E-state index in [2.05, 4.69) is 18.3 Å². The maximum absolute atomic E-state index is 12.3. The number of carbonyl (C=O) groups excluding carboxylic acids is 1. The summed E-state index contributed by atoms with van der Waals surface area (Å²) in [4.78, 5) is 24.4. The molecule has 1 amide bonds. The van der Waals surface area contributed by atoms with E-state index in [-0.39, 0.29) is 22.4 Å². The number of aromatic carboxylic acids is 1. The molecule has 3 rings (SSSR count). The fraction of sp³-hybridized carbons (Fsp3) is 0.250. The summed E-state index contributed by atoms with van der Waals surface area (Å²) in [6.45, 7) is 2.06. The third-order valence-electron chi connectivity index (χ3n) is 3.83. The van der Waals surface area contributed by atoms with Gasteiger partial charge in [0.05, 0.1) is 10.6 Å². The summed E-state index contributed by atoms with van der Waals surface area (Å²) < 4.78 is 0. The molecule has 1 fully saturated rings. The average molecular weight is 336 g/mol. The van der Waals surface area contributed by atoms with Crippen molar-refractivity contribution in [1.29, 1.82) is 0 Å². The minimum absolute atomic E-state index is 0.0183. The Morgan fingerprint density at radius 3 is 2.73 bits per heavy atom. The van der Waals surface area contributed by atoms with Crippen LogP contribution in [0.25, 0.3) is 0 Å². The Hall–Kier alpha value is -1.85. The van der Waals surface area contributed by atoms with E-state index in [9.17, 15) is 9.59 Å². The Labute approximate surface area is 136 Å². The SMILES string of the molecule is Cc1ccsc1C1CC1C(=O)Nc1ccc(C(=O)O)c(Cl)c1. The summed E-state index contributed by atoms with van der Waals surface area (Å²) >= 11 is 7.59. The number of amides is 1. The molecule has 0 saturated heterocycles. The number of thiophene rings is 1. The lowest BCUT2D eigenvalue weighted by molar-refractivity contribution is -0.117. The smallest absolute Gasteiger partial charge is 0.337 e. The molecule has 2 unspecified atom stereocenters. The number of halogens is 1. The molecule has 0 bridgehead atoms. The standard InChI is InChI=1S/C16H14ClNO3S/c1-8-4-5-22-14(8)11-7-12(11)15(19)18-9-2-3-10(16(20)21)13(17)6-9/h2-6,11-12H,7H2,1H3,(H,18,19)(H,20,21). The largest absolute Gasteiger partial charge is 0.478 e. The topological polar surface area (TPSA) is 66.4 Å². The zero-order valence-electron chi connectivity index (χ0n) is 11.8. The van der Waals surface area contributed by atoms with Crippen LogP contribution in [0.5, 0.6) is 0 Å². The van der Waals surface area contributed by atoms with E-state index in [4.69, 9.17) is 16.7 Å². The second-order valence-corrected chi connectivity index (χ2v) is 6.76. The van der Waals surface area contributed by atoms with Gasteiger partial charge in [0, 0.05) is 22.4 Å². The zero-order chi connectivity index (χ0) is 15.9. The Morgan fingerprint density at radius 2 is 2.14 bits per heavy atom. The van der Waals surface area contributed by atoms with Crippen LogP contribution in [0, 0.1) is 12.8 Å². The van der Waals surface area contributed by atoms with Gasteiger partial charge in [0.25, 0.3) is 0 Å². The van der Waals surface area contributed by atoms with Crippen molar-refractivity contribution in [2.75, 3.05) is 5.32 Å². The molecule has 0 radical (unpaired) electrons. The lowest BCUT2D eigenvalue weighted by Crippen LogP contribution is -2.14. The summed E-state index contributed by atoms with van der Waals surface area (Å²) in [5, 5.41) is 13.9. The fourth-order valence-electron chi connectivity index (χ4n) is 2.54. The van der Waals surface area contributed by atoms with Crippen LogP contribution in [-0.4, -0.2) is 17.0 Å². The number of nitrogens with one attached hydrogen (secondary N) is 1. The zero-order valence-corrected chi connectivity index (χ0v) is 13.4. The van der Waals surface area contributed by atoms with Gasteiger partial charge in [-0.1, -0.05) is 11.6 Å². The Kier molecular flexibility index (Phi) is 3.93. The maximum atomic E-state index is 12.3. The van der Waals surface area contributed by atoms with Crippen molar-refractivity contribution in [3.8, 4) is 0 Å². The molecule has 2 aromatic rings. The minimum atomic E-state index is -1.08. The predicted octanol–water partition coefficient (Wildman–Crippen LogP) is 4.15. The maximum Gasteiger partial charge on any atom is 0.337 e. The van der Waals surface area contributed by atoms with Gasteiger partial charge in [-0.05, 0) is 48.6 Å². The molecule has 22 heavy (non-hydrogen) atoms. The van der Waals surface area contributed by atoms with E-state index in [1.54, 1.807) is 17.4 Å². The highest BCUT2D eigenvalue weighted by Crippen LogP contribution is 2.50. The van der Waals surface area contributed by atoms with Crippen molar-refractivity contribution in [2.45, 2.75) is 19.3 Å². The second kappa shape index (κ2) is 5.74. The number of aryl methyl sites for hydroxylation is 1. The first-order valence-corrected chi connectivity index (χ1v) is 8.11. The quantitative estimate of drug-likeness (QED) is 0.882. The molecule has 1 heterocycles. The Balaban J connectivity index is 1.67. The van der Waals surface area contributed by atoms with Gasteiger partial charge in [0.2, 0.25) is 5.91 Å². The molecule has 1 aliphatic rings. The van der Waals surface area contributed by atoms with Crippen molar-refractivity contribution in [3.63, 3.8) is 0 Å². The van der Waals surface area contributed by atoms with Crippen molar-refractivity contribution in [1.82, 2.24) is 0 Å². The lowest BCUT2D eigenvalue weighted by Gasteiger charge is -2.07. The molecule has 1 aromatic heterocycles. The van der Waals surface area contributed by atoms with Gasteiger partial charge >= 0.3 is 5.97 Å². The Bertz CT molecular complexity index is 756. The highest BCUT2D eigenvalue weighted by molar-refractivity contribution is 7.10. The molecule has 1 saturated carbocycles. The van der Waals surface area contributed by atoms with Crippen LogP contribution in [0.4, 0.5) is 5.69 Å². The first kappa shape index (κ1) is 15.1. The highest BCUT2D eigenvalue weighted by atomic mass is 35.5. The number of carbonyl (C=O) groups is 2. The molecule has 6 heteroatoms. The number of carboxylic acid groups (broad SMARTS) is 1. The van der Waals surface area contributed by atoms with Crippen LogP contribution in [0.15, 0.2) is 29.6 Å². The number of hydrogen-bond acceptors (Lipinski definition) is 3. The van der Waals surface area contributed by atoms with Crippen LogP contribution in [0.2, 0.25) is 5.02 Å². The average Bonchev–Trinajstić information content (AvgIpc) is 3.13. The summed E-state index contributed by atoms with van der Waals surface area (Å²) in [6, 6.07) is 6.49. The van der Waals surface area contributed by atoms with Gasteiger partial charge in [-0.3, -0.25) is 4.79 Å². The van der Waals surface area contributed by atoms with Crippen LogP contribution < -0.4 is 5.32 Å². The Morgan fingerprint density at radius 1 is 1.36 bits per heavy atom. The third kappa shape index (κ3) is 2.87. The van der Waals surface area contributed by atoms with E-state index >= 15 is 0 Å². The molecule has 1 aromatic carbocycles. The van der Waals surface area contributed by atoms with Crippen molar-refractivity contribution < 1.29 is 14.7 Å². The first-order chi connectivity index (χ1) is 10.5. The molecule has 2 atom stereocenters. The van der Waals surface area contributed by atoms with Crippen molar-refractivity contribution in [3.05, 3.63) is 50.7 Å². The van der Waals surface area contributed by atoms with Crippen molar-refractivity contribution >= 4 is 40.5 Å². The van der Waals surface area contributed by atoms with Gasteiger partial charge in [-0.25, -0.2) is 4.79 Å². The number of carboxylic acids is 1. The molecule has 2 N–H and O–H groups in total. The van der Waals surface area contributed by atoms with E-state index in [0.717, 1.165) is 6.42 Å². The normalized spacial score (nSPS) is 19.7. The number of rotatable bonds is 4. The van der Waals surface area contributed by atoms with Crippen LogP contribution in [-0.2, 0) is 4.79 Å². The van der Waals surface area contributed by atoms with E-state index in [1.807, 2.05) is 5.38 Å². The van der Waals surface area contributed by atoms with E-state index in [1.165, 1.54) is 22.6 Å². The summed E-state index contributed by atoms with van der Waals surface area (Å²) in [5.41, 5.74) is 1.78. The lowest BCUT2D eigenvalue weighted by atomic mass is 10.2. The fourth-order valence-corrected chi connectivity index (χ4v) is 3.91. The third-order valence-corrected chi connectivity index (χ3v) is 5.30. The minimum Gasteiger partial charge on any atom is -0.478 e. The van der Waals surface area contributed by atoms with Crippen LogP contribution in [0.3, 0.4) is 0 Å². The van der Waals surface area contributed by atoms with Crippen molar-refractivity contribution in [2.24, 2.45) is 5.92 Å². The highest BCUT2D eigenvalue weighted by Gasteiger charge is 2.45. The molecule has 114 valence electrons. The van der Waals surface area contributed by atoms with Crippen LogP contribution >= 0.6 is 22.9 Å². The van der Waals surface area contributed by atoms with Gasteiger partial charge in [-0.15, -0.1) is 11.3 Å². The molecular weight excluding hydrogens is 322 g/mol. The second-order valence-electron chi connectivity index (χ2n) is 5.41. The molecule has 1 aliphatic carbocycles. The summed E-state index contributed by atoms with van der Waals surface area (Å²) in [6.07, 6.45) is 0.855. The molecule has 0 spiro atoms.